The van der Waals surface area contributed by atoms with E-state index in [0.717, 1.165) is 23.1 Å². The number of hydrogen-bond acceptors (Lipinski definition) is 5. The van der Waals surface area contributed by atoms with Crippen molar-refractivity contribution in [1.82, 2.24) is 0 Å². The molecule has 0 spiro atoms. The number of hydrogen-bond donors (Lipinski definition) is 1. The van der Waals surface area contributed by atoms with Crippen molar-refractivity contribution in [3.05, 3.63) is 94.1 Å². The molecular formula is C30H31NO5. The molecule has 1 unspecified atom stereocenters. The van der Waals surface area contributed by atoms with Gasteiger partial charge < -0.3 is 14.6 Å². The number of nitrogens with zero attached hydrogens (tertiary/aromatic N) is 1. The molecule has 0 bridgehead atoms. The highest BCUT2D eigenvalue weighted by molar-refractivity contribution is 6.51. The van der Waals surface area contributed by atoms with Gasteiger partial charge in [-0.2, -0.15) is 0 Å². The topological polar surface area (TPSA) is 76.1 Å². The fourth-order valence-corrected chi connectivity index (χ4v) is 4.51. The van der Waals surface area contributed by atoms with Crippen LogP contribution in [0.2, 0.25) is 0 Å². The van der Waals surface area contributed by atoms with Crippen LogP contribution < -0.4 is 14.4 Å². The maximum atomic E-state index is 13.5. The fraction of sp³-hybridized carbons (Fsp3) is 0.267. The van der Waals surface area contributed by atoms with Crippen LogP contribution in [0, 0.1) is 20.8 Å². The summed E-state index contributed by atoms with van der Waals surface area (Å²) in [6.07, 6.45) is 0.879. The Hall–Kier alpha value is -4.06. The molecule has 1 fully saturated rings. The first-order chi connectivity index (χ1) is 17.3. The molecular weight excluding hydrogens is 454 g/mol. The van der Waals surface area contributed by atoms with Gasteiger partial charge in [0.2, 0.25) is 0 Å². The third-order valence-corrected chi connectivity index (χ3v) is 6.39. The van der Waals surface area contributed by atoms with Crippen LogP contribution in [-0.2, 0) is 9.59 Å². The number of methoxy groups -OCH3 is 1. The van der Waals surface area contributed by atoms with Crippen molar-refractivity contribution in [1.29, 1.82) is 0 Å². The number of rotatable bonds is 7. The molecule has 3 aromatic carbocycles. The smallest absolute Gasteiger partial charge is 0.300 e. The Morgan fingerprint density at radius 3 is 2.44 bits per heavy atom. The molecule has 1 saturated heterocycles. The van der Waals surface area contributed by atoms with Gasteiger partial charge >= 0.3 is 0 Å². The third kappa shape index (κ3) is 4.59. The van der Waals surface area contributed by atoms with Gasteiger partial charge in [-0.05, 0) is 85.8 Å². The van der Waals surface area contributed by atoms with Crippen LogP contribution >= 0.6 is 0 Å². The number of carbonyl (C=O) groups excluding carboxylic acids is 2. The van der Waals surface area contributed by atoms with E-state index in [1.807, 2.05) is 52.0 Å². The van der Waals surface area contributed by atoms with Crippen molar-refractivity contribution in [2.45, 2.75) is 40.2 Å². The molecule has 1 atom stereocenters. The largest absolute Gasteiger partial charge is 0.507 e. The summed E-state index contributed by atoms with van der Waals surface area (Å²) in [4.78, 5) is 28.4. The van der Waals surface area contributed by atoms with E-state index in [-0.39, 0.29) is 11.3 Å². The summed E-state index contributed by atoms with van der Waals surface area (Å²) >= 11 is 0. The summed E-state index contributed by atoms with van der Waals surface area (Å²) in [5.41, 5.74) is 4.41. The van der Waals surface area contributed by atoms with Crippen LogP contribution in [0.4, 0.5) is 5.69 Å². The number of Topliss-reactive ketones (excluding diaryl/α,β-unsaturated/α-hetero) is 1. The number of ketones is 1. The third-order valence-electron chi connectivity index (χ3n) is 6.39. The predicted molar refractivity (Wildman–Crippen MR) is 141 cm³/mol. The average molecular weight is 486 g/mol. The number of aliphatic hydroxyl groups is 1. The van der Waals surface area contributed by atoms with Gasteiger partial charge in [0.05, 0.1) is 25.3 Å². The first kappa shape index (κ1) is 25.0. The number of aryl methyl sites for hydroxylation is 3. The number of anilines is 1. The lowest BCUT2D eigenvalue weighted by Crippen LogP contribution is -2.30. The first-order valence-electron chi connectivity index (χ1n) is 12.0. The standard InChI is InChI=1S/C30H31NO5/c1-6-14-36-25-13-12-22(16-20(25)4)28(32)26-27(21-8-7-9-23(17-21)35-5)31(30(34)29(26)33)24-15-18(2)10-11-19(24)3/h7-13,15-17,27,32H,6,14H2,1-5H3/b28-26-. The Balaban J connectivity index is 1.92. The first-order valence-corrected chi connectivity index (χ1v) is 12.0. The summed E-state index contributed by atoms with van der Waals surface area (Å²) in [7, 11) is 1.56. The Morgan fingerprint density at radius 1 is 0.972 bits per heavy atom. The fourth-order valence-electron chi connectivity index (χ4n) is 4.51. The van der Waals surface area contributed by atoms with E-state index in [9.17, 15) is 14.7 Å². The van der Waals surface area contributed by atoms with E-state index in [0.29, 0.717) is 34.9 Å². The summed E-state index contributed by atoms with van der Waals surface area (Å²) in [5, 5.41) is 11.5. The maximum Gasteiger partial charge on any atom is 0.300 e. The summed E-state index contributed by atoms with van der Waals surface area (Å²) in [6, 6.07) is 17.4. The van der Waals surface area contributed by atoms with E-state index < -0.39 is 17.7 Å². The van der Waals surface area contributed by atoms with Gasteiger partial charge in [-0.15, -0.1) is 0 Å². The maximum absolute atomic E-state index is 13.5. The zero-order valence-electron chi connectivity index (χ0n) is 21.3. The van der Waals surface area contributed by atoms with Crippen molar-refractivity contribution in [3.8, 4) is 11.5 Å². The van der Waals surface area contributed by atoms with Crippen LogP contribution in [0.3, 0.4) is 0 Å². The molecule has 6 heteroatoms. The van der Waals surface area contributed by atoms with E-state index in [1.54, 1.807) is 43.5 Å². The second-order valence-electron chi connectivity index (χ2n) is 9.06. The second-order valence-corrected chi connectivity index (χ2v) is 9.06. The van der Waals surface area contributed by atoms with Crippen molar-refractivity contribution >= 4 is 23.1 Å². The van der Waals surface area contributed by atoms with E-state index in [4.69, 9.17) is 9.47 Å². The predicted octanol–water partition coefficient (Wildman–Crippen LogP) is 6.04. The minimum atomic E-state index is -0.822. The monoisotopic (exact) mass is 485 g/mol. The minimum absolute atomic E-state index is 0.0378. The van der Waals surface area contributed by atoms with Crippen LogP contribution in [0.15, 0.2) is 66.2 Å². The van der Waals surface area contributed by atoms with Crippen LogP contribution in [0.25, 0.3) is 5.76 Å². The van der Waals surface area contributed by atoms with Crippen LogP contribution in [-0.4, -0.2) is 30.5 Å². The zero-order valence-corrected chi connectivity index (χ0v) is 21.3. The second kappa shape index (κ2) is 10.3. The molecule has 1 amide bonds. The molecule has 3 aromatic rings. The lowest BCUT2D eigenvalue weighted by Gasteiger charge is -2.27. The van der Waals surface area contributed by atoms with Gasteiger partial charge in [-0.25, -0.2) is 0 Å². The van der Waals surface area contributed by atoms with Crippen LogP contribution in [0.1, 0.15) is 47.2 Å². The van der Waals surface area contributed by atoms with Gasteiger partial charge in [0, 0.05) is 11.3 Å². The highest BCUT2D eigenvalue weighted by Crippen LogP contribution is 2.44. The SMILES string of the molecule is CCCOc1ccc(/C(O)=C2/C(=O)C(=O)N(c3cc(C)ccc3C)C2c2cccc(OC)c2)cc1C. The Bertz CT molecular complexity index is 1360. The molecule has 4 rings (SSSR count). The molecule has 1 heterocycles. The Labute approximate surface area is 211 Å². The number of aliphatic hydroxyl groups excluding tert-OH is 1. The number of benzene rings is 3. The lowest BCUT2D eigenvalue weighted by molar-refractivity contribution is -0.132. The summed E-state index contributed by atoms with van der Waals surface area (Å²) in [5.74, 6) is -0.331. The highest BCUT2D eigenvalue weighted by atomic mass is 16.5. The number of ether oxygens (including phenoxy) is 2. The summed E-state index contributed by atoms with van der Waals surface area (Å²) < 4.78 is 11.2. The Morgan fingerprint density at radius 2 is 1.75 bits per heavy atom. The molecule has 186 valence electrons. The molecule has 0 aliphatic carbocycles. The number of carbonyl (C=O) groups is 2. The van der Waals surface area contributed by atoms with Crippen molar-refractivity contribution in [2.75, 3.05) is 18.6 Å². The normalized spacial score (nSPS) is 16.9. The molecule has 0 aromatic heterocycles. The van der Waals surface area contributed by atoms with E-state index >= 15 is 0 Å². The van der Waals surface area contributed by atoms with Gasteiger partial charge in [-0.3, -0.25) is 14.5 Å². The van der Waals surface area contributed by atoms with E-state index in [1.165, 1.54) is 4.90 Å². The Kier molecular flexibility index (Phi) is 7.15. The molecule has 36 heavy (non-hydrogen) atoms. The van der Waals surface area contributed by atoms with Gasteiger partial charge in [0.1, 0.15) is 17.3 Å². The van der Waals surface area contributed by atoms with Crippen molar-refractivity contribution < 1.29 is 24.2 Å². The molecule has 0 radical (unpaired) electrons. The molecule has 1 aliphatic heterocycles. The van der Waals surface area contributed by atoms with Gasteiger partial charge in [-0.1, -0.05) is 31.2 Å². The van der Waals surface area contributed by atoms with E-state index in [2.05, 4.69) is 0 Å². The van der Waals surface area contributed by atoms with Crippen molar-refractivity contribution in [2.24, 2.45) is 0 Å². The molecule has 1 N–H and O–H groups in total. The number of amides is 1. The molecule has 0 saturated carbocycles. The quantitative estimate of drug-likeness (QED) is 0.251. The average Bonchev–Trinajstić information content (AvgIpc) is 3.14. The lowest BCUT2D eigenvalue weighted by atomic mass is 9.94. The zero-order chi connectivity index (χ0) is 26.0. The van der Waals surface area contributed by atoms with Crippen molar-refractivity contribution in [3.63, 3.8) is 0 Å². The van der Waals surface area contributed by atoms with Gasteiger partial charge in [0.25, 0.3) is 11.7 Å². The minimum Gasteiger partial charge on any atom is -0.507 e. The highest BCUT2D eigenvalue weighted by Gasteiger charge is 2.47. The van der Waals surface area contributed by atoms with Crippen LogP contribution in [0.5, 0.6) is 11.5 Å². The molecule has 6 nitrogen and oxygen atoms in total. The summed E-state index contributed by atoms with van der Waals surface area (Å²) in [6.45, 7) is 8.34. The van der Waals surface area contributed by atoms with Gasteiger partial charge in [0.15, 0.2) is 0 Å². The molecule has 1 aliphatic rings.